The largest absolute Gasteiger partial charge is 0.481 e. The topological polar surface area (TPSA) is 69.6 Å². The monoisotopic (exact) mass is 304 g/mol. The van der Waals surface area contributed by atoms with Gasteiger partial charge in [0.1, 0.15) is 5.82 Å². The van der Waals surface area contributed by atoms with E-state index in [-0.39, 0.29) is 36.1 Å². The molecule has 0 radical (unpaired) electrons. The minimum Gasteiger partial charge on any atom is -0.481 e. The van der Waals surface area contributed by atoms with Crippen molar-refractivity contribution in [2.45, 2.75) is 6.42 Å². The zero-order valence-electron chi connectivity index (χ0n) is 10.2. The molecule has 1 aliphatic heterocycles. The Bertz CT molecular complexity index is 539. The Hall–Kier alpha value is -1.89. The summed E-state index contributed by atoms with van der Waals surface area (Å²) in [5.74, 6) is -2.84. The van der Waals surface area contributed by atoms with E-state index in [4.69, 9.17) is 16.7 Å². The number of nitrogens with one attached hydrogen (secondary N) is 1. The minimum absolute atomic E-state index is 0.0184. The van der Waals surface area contributed by atoms with Crippen molar-refractivity contribution in [3.8, 4) is 0 Å². The lowest BCUT2D eigenvalue weighted by molar-refractivity contribution is -0.139. The van der Waals surface area contributed by atoms with Crippen LogP contribution in [0, 0.1) is 17.6 Å². The first-order chi connectivity index (χ1) is 9.36. The van der Waals surface area contributed by atoms with Crippen LogP contribution in [0.4, 0.5) is 19.3 Å². The van der Waals surface area contributed by atoms with Crippen molar-refractivity contribution in [1.82, 2.24) is 4.90 Å². The minimum atomic E-state index is -0.967. The molecule has 0 bridgehead atoms. The average Bonchev–Trinajstić information content (AvgIpc) is 2.27. The number of hydrogen-bond acceptors (Lipinski definition) is 2. The fourth-order valence-electron chi connectivity index (χ4n) is 1.96. The summed E-state index contributed by atoms with van der Waals surface area (Å²) < 4.78 is 26.3. The van der Waals surface area contributed by atoms with Crippen LogP contribution in [-0.4, -0.2) is 35.1 Å². The van der Waals surface area contributed by atoms with E-state index < -0.39 is 23.6 Å². The average molecular weight is 305 g/mol. The highest BCUT2D eigenvalue weighted by molar-refractivity contribution is 6.33. The van der Waals surface area contributed by atoms with Crippen molar-refractivity contribution in [3.63, 3.8) is 0 Å². The van der Waals surface area contributed by atoms with Gasteiger partial charge in [-0.05, 0) is 6.07 Å². The highest BCUT2D eigenvalue weighted by atomic mass is 35.5. The lowest BCUT2D eigenvalue weighted by Gasteiger charge is -2.38. The fraction of sp³-hybridized carbons (Fsp3) is 0.333. The van der Waals surface area contributed by atoms with Gasteiger partial charge in [0.15, 0.2) is 5.82 Å². The van der Waals surface area contributed by atoms with Crippen molar-refractivity contribution in [1.29, 1.82) is 0 Å². The van der Waals surface area contributed by atoms with Crippen LogP contribution in [-0.2, 0) is 4.79 Å². The van der Waals surface area contributed by atoms with Crippen LogP contribution >= 0.6 is 11.6 Å². The van der Waals surface area contributed by atoms with Crippen LogP contribution < -0.4 is 5.32 Å². The molecule has 1 saturated heterocycles. The summed E-state index contributed by atoms with van der Waals surface area (Å²) in [6.07, 6.45) is -0.0184. The summed E-state index contributed by atoms with van der Waals surface area (Å²) in [4.78, 5) is 23.6. The van der Waals surface area contributed by atoms with Gasteiger partial charge in [0, 0.05) is 25.1 Å². The third-order valence-corrected chi connectivity index (χ3v) is 3.24. The predicted molar refractivity (Wildman–Crippen MR) is 67.7 cm³/mol. The van der Waals surface area contributed by atoms with Crippen LogP contribution in [0.25, 0.3) is 0 Å². The van der Waals surface area contributed by atoms with Crippen LogP contribution in [0.15, 0.2) is 12.1 Å². The predicted octanol–water partition coefficient (Wildman–Crippen LogP) is 2.56. The number of rotatable bonds is 3. The maximum Gasteiger partial charge on any atom is 0.321 e. The summed E-state index contributed by atoms with van der Waals surface area (Å²) in [6, 6.07) is 0.910. The van der Waals surface area contributed by atoms with Gasteiger partial charge in [-0.25, -0.2) is 13.6 Å². The highest BCUT2D eigenvalue weighted by Gasteiger charge is 2.32. The van der Waals surface area contributed by atoms with Gasteiger partial charge in [-0.15, -0.1) is 0 Å². The van der Waals surface area contributed by atoms with E-state index in [1.165, 1.54) is 4.90 Å². The molecule has 2 rings (SSSR count). The number of nitrogens with zero attached hydrogens (tertiary/aromatic N) is 1. The Kier molecular flexibility index (Phi) is 4.08. The molecule has 8 heteroatoms. The molecule has 0 aliphatic carbocycles. The van der Waals surface area contributed by atoms with Gasteiger partial charge < -0.3 is 15.3 Å². The third kappa shape index (κ3) is 3.16. The second kappa shape index (κ2) is 5.62. The van der Waals surface area contributed by atoms with Crippen molar-refractivity contribution >= 4 is 29.3 Å². The number of halogens is 3. The zero-order valence-corrected chi connectivity index (χ0v) is 11.0. The van der Waals surface area contributed by atoms with E-state index >= 15 is 0 Å². The van der Waals surface area contributed by atoms with Crippen LogP contribution in [0.3, 0.4) is 0 Å². The van der Waals surface area contributed by atoms with Gasteiger partial charge in [-0.2, -0.15) is 0 Å². The Labute approximate surface area is 118 Å². The van der Waals surface area contributed by atoms with E-state index in [0.717, 1.165) is 6.07 Å². The number of carbonyl (C=O) groups is 2. The van der Waals surface area contributed by atoms with Gasteiger partial charge in [-0.3, -0.25) is 4.79 Å². The smallest absolute Gasteiger partial charge is 0.321 e. The van der Waals surface area contributed by atoms with E-state index in [2.05, 4.69) is 5.32 Å². The second-order valence-corrected chi connectivity index (χ2v) is 4.95. The Morgan fingerprint density at radius 3 is 2.60 bits per heavy atom. The molecule has 20 heavy (non-hydrogen) atoms. The normalized spacial score (nSPS) is 14.8. The molecule has 0 atom stereocenters. The molecule has 1 aromatic rings. The van der Waals surface area contributed by atoms with Gasteiger partial charge in [0.05, 0.1) is 17.1 Å². The maximum atomic E-state index is 13.5. The van der Waals surface area contributed by atoms with E-state index in [0.29, 0.717) is 6.07 Å². The zero-order chi connectivity index (χ0) is 14.9. The molecule has 0 saturated carbocycles. The van der Waals surface area contributed by atoms with Crippen LogP contribution in [0.5, 0.6) is 0 Å². The Morgan fingerprint density at radius 2 is 2.05 bits per heavy atom. The lowest BCUT2D eigenvalue weighted by Crippen LogP contribution is -2.52. The summed E-state index contributed by atoms with van der Waals surface area (Å²) >= 11 is 5.65. The summed E-state index contributed by atoms with van der Waals surface area (Å²) in [7, 11) is 0. The van der Waals surface area contributed by atoms with Crippen molar-refractivity contribution < 1.29 is 23.5 Å². The van der Waals surface area contributed by atoms with Gasteiger partial charge >= 0.3 is 12.0 Å². The van der Waals surface area contributed by atoms with Gasteiger partial charge in [0.25, 0.3) is 0 Å². The quantitative estimate of drug-likeness (QED) is 0.901. The molecule has 1 fully saturated rings. The molecule has 0 spiro atoms. The van der Waals surface area contributed by atoms with Crippen molar-refractivity contribution in [2.75, 3.05) is 18.4 Å². The molecular formula is C12H11ClF2N2O3. The number of carboxylic acid groups (broad SMARTS) is 1. The molecule has 1 aliphatic rings. The number of hydrogen-bond donors (Lipinski definition) is 2. The molecule has 1 aromatic carbocycles. The molecule has 108 valence electrons. The Morgan fingerprint density at radius 1 is 1.40 bits per heavy atom. The van der Waals surface area contributed by atoms with Gasteiger partial charge in [-0.1, -0.05) is 11.6 Å². The number of likely N-dealkylation sites (tertiary alicyclic amines) is 1. The highest BCUT2D eigenvalue weighted by Crippen LogP contribution is 2.28. The Balaban J connectivity index is 1.95. The standard InChI is InChI=1S/C12H11ClF2N2O3/c13-8-2-7(14)3-9(15)11(8)16-12(20)17-4-6(5-17)1-10(18)19/h2-3,6H,1,4-5H2,(H,16,20)(H,18,19). The maximum absolute atomic E-state index is 13.5. The van der Waals surface area contributed by atoms with E-state index in [1.807, 2.05) is 0 Å². The number of anilines is 1. The summed E-state index contributed by atoms with van der Waals surface area (Å²) in [5, 5.41) is 10.6. The molecule has 2 amide bonds. The summed E-state index contributed by atoms with van der Waals surface area (Å²) in [6.45, 7) is 0.553. The van der Waals surface area contributed by atoms with Crippen LogP contribution in [0.1, 0.15) is 6.42 Å². The number of benzene rings is 1. The lowest BCUT2D eigenvalue weighted by atomic mass is 9.97. The fourth-order valence-corrected chi connectivity index (χ4v) is 2.20. The molecule has 1 heterocycles. The number of aliphatic carboxylic acids is 1. The third-order valence-electron chi connectivity index (χ3n) is 2.95. The summed E-state index contributed by atoms with van der Waals surface area (Å²) in [5.41, 5.74) is -0.292. The first kappa shape index (κ1) is 14.5. The van der Waals surface area contributed by atoms with E-state index in [9.17, 15) is 18.4 Å². The van der Waals surface area contributed by atoms with E-state index in [1.54, 1.807) is 0 Å². The molecule has 0 unspecified atom stereocenters. The number of carboxylic acids is 1. The molecule has 0 aromatic heterocycles. The first-order valence-electron chi connectivity index (χ1n) is 5.79. The second-order valence-electron chi connectivity index (χ2n) is 4.54. The number of urea groups is 1. The number of carbonyl (C=O) groups excluding carboxylic acids is 1. The van der Waals surface area contributed by atoms with Gasteiger partial charge in [0.2, 0.25) is 0 Å². The molecule has 2 N–H and O–H groups in total. The molecular weight excluding hydrogens is 294 g/mol. The number of amides is 2. The molecule has 5 nitrogen and oxygen atoms in total. The first-order valence-corrected chi connectivity index (χ1v) is 6.17. The SMILES string of the molecule is O=C(O)CC1CN(C(=O)Nc2c(F)cc(F)cc2Cl)C1. The van der Waals surface area contributed by atoms with Crippen molar-refractivity contribution in [3.05, 3.63) is 28.8 Å². The van der Waals surface area contributed by atoms with Crippen molar-refractivity contribution in [2.24, 2.45) is 5.92 Å². The van der Waals surface area contributed by atoms with Crippen LogP contribution in [0.2, 0.25) is 5.02 Å².